The lowest BCUT2D eigenvalue weighted by atomic mass is 10.1. The fourth-order valence-electron chi connectivity index (χ4n) is 3.97. The van der Waals surface area contributed by atoms with E-state index in [1.165, 1.54) is 0 Å². The summed E-state index contributed by atoms with van der Waals surface area (Å²) >= 11 is 3.51. The Morgan fingerprint density at radius 3 is 1.94 bits per heavy atom. The maximum Gasteiger partial charge on any atom is 0.160 e. The molecule has 0 aliphatic carbocycles. The van der Waals surface area contributed by atoms with E-state index in [0.29, 0.717) is 5.82 Å². The van der Waals surface area contributed by atoms with Crippen LogP contribution < -0.4 is 0 Å². The molecule has 2 heterocycles. The van der Waals surface area contributed by atoms with E-state index < -0.39 is 0 Å². The van der Waals surface area contributed by atoms with Crippen molar-refractivity contribution in [3.05, 3.63) is 108 Å². The Bertz CT molecular complexity index is 1570. The molecule has 0 N–H and O–H groups in total. The summed E-state index contributed by atoms with van der Waals surface area (Å²) in [6, 6.07) is 34.7. The fourth-order valence-corrected chi connectivity index (χ4v) is 4.23. The highest BCUT2D eigenvalue weighted by atomic mass is 79.9. The summed E-state index contributed by atoms with van der Waals surface area (Å²) in [5, 5.41) is 2.21. The Hall–Kier alpha value is -3.76. The van der Waals surface area contributed by atoms with Gasteiger partial charge in [0.2, 0.25) is 0 Å². The highest BCUT2D eigenvalue weighted by molar-refractivity contribution is 9.10. The summed E-state index contributed by atoms with van der Waals surface area (Å²) in [5.74, 6) is 0.673. The van der Waals surface area contributed by atoms with Gasteiger partial charge in [0.05, 0.1) is 11.4 Å². The van der Waals surface area contributed by atoms with Gasteiger partial charge in [0.1, 0.15) is 11.2 Å². The van der Waals surface area contributed by atoms with Crippen LogP contribution in [-0.2, 0) is 0 Å². The van der Waals surface area contributed by atoms with Crippen LogP contribution in [0.1, 0.15) is 0 Å². The van der Waals surface area contributed by atoms with Crippen LogP contribution in [0.3, 0.4) is 0 Å². The van der Waals surface area contributed by atoms with Crippen molar-refractivity contribution in [3.63, 3.8) is 0 Å². The normalized spacial score (nSPS) is 11.3. The third kappa shape index (κ3) is 3.39. The van der Waals surface area contributed by atoms with Crippen LogP contribution in [0.25, 0.3) is 55.8 Å². The number of aromatic nitrogens is 2. The molecule has 4 heteroatoms. The molecule has 4 aromatic carbocycles. The second-order valence-electron chi connectivity index (χ2n) is 7.64. The molecule has 0 saturated heterocycles. The first-order valence-electron chi connectivity index (χ1n) is 10.4. The van der Waals surface area contributed by atoms with Gasteiger partial charge in [0.25, 0.3) is 0 Å². The van der Waals surface area contributed by atoms with E-state index in [9.17, 15) is 0 Å². The van der Waals surface area contributed by atoms with Gasteiger partial charge in [-0.2, -0.15) is 0 Å². The van der Waals surface area contributed by atoms with Crippen molar-refractivity contribution in [1.29, 1.82) is 0 Å². The summed E-state index contributed by atoms with van der Waals surface area (Å²) in [7, 11) is 0. The molecule has 6 rings (SSSR count). The number of hydrogen-bond donors (Lipinski definition) is 0. The maximum absolute atomic E-state index is 6.10. The Kier molecular flexibility index (Phi) is 4.58. The van der Waals surface area contributed by atoms with Gasteiger partial charge in [-0.05, 0) is 36.4 Å². The molecule has 152 valence electrons. The molecule has 0 amide bonds. The van der Waals surface area contributed by atoms with Gasteiger partial charge in [0, 0.05) is 31.9 Å². The molecule has 0 aliphatic rings. The molecule has 0 fully saturated rings. The van der Waals surface area contributed by atoms with Crippen molar-refractivity contribution in [2.45, 2.75) is 0 Å². The molecule has 0 radical (unpaired) electrons. The van der Waals surface area contributed by atoms with Crippen LogP contribution in [0.5, 0.6) is 0 Å². The molecule has 0 bridgehead atoms. The smallest absolute Gasteiger partial charge is 0.160 e. The zero-order valence-electron chi connectivity index (χ0n) is 17.0. The molecule has 0 atom stereocenters. The average molecular weight is 477 g/mol. The molecule has 2 aromatic heterocycles. The number of benzene rings is 4. The van der Waals surface area contributed by atoms with Crippen LogP contribution in [0.15, 0.2) is 112 Å². The average Bonchev–Trinajstić information content (AvgIpc) is 3.23. The summed E-state index contributed by atoms with van der Waals surface area (Å²) < 4.78 is 7.13. The lowest BCUT2D eigenvalue weighted by Crippen LogP contribution is -1.95. The molecule has 3 nitrogen and oxygen atoms in total. The third-order valence-corrected chi connectivity index (χ3v) is 6.10. The van der Waals surface area contributed by atoms with E-state index in [1.807, 2.05) is 60.7 Å². The number of furan rings is 1. The highest BCUT2D eigenvalue weighted by Gasteiger charge is 2.13. The highest BCUT2D eigenvalue weighted by Crippen LogP contribution is 2.33. The summed E-state index contributed by atoms with van der Waals surface area (Å²) in [6.07, 6.45) is 0. The van der Waals surface area contributed by atoms with E-state index in [0.717, 1.165) is 54.5 Å². The Morgan fingerprint density at radius 2 is 1.16 bits per heavy atom. The van der Waals surface area contributed by atoms with Gasteiger partial charge in [-0.25, -0.2) is 9.97 Å². The number of hydrogen-bond acceptors (Lipinski definition) is 3. The lowest BCUT2D eigenvalue weighted by molar-refractivity contribution is 0.669. The number of rotatable bonds is 3. The van der Waals surface area contributed by atoms with Crippen molar-refractivity contribution >= 4 is 37.9 Å². The fraction of sp³-hybridized carbons (Fsp3) is 0. The second-order valence-corrected chi connectivity index (χ2v) is 8.56. The number of nitrogens with zero attached hydrogens (tertiary/aromatic N) is 2. The van der Waals surface area contributed by atoms with Gasteiger partial charge < -0.3 is 4.42 Å². The zero-order chi connectivity index (χ0) is 21.5. The molecule has 0 aliphatic heterocycles. The molecular weight excluding hydrogens is 460 g/mol. The number of fused-ring (bicyclic) bond motifs is 3. The minimum absolute atomic E-state index is 0.673. The van der Waals surface area contributed by atoms with Crippen molar-refractivity contribution in [3.8, 4) is 33.9 Å². The van der Waals surface area contributed by atoms with E-state index in [-0.39, 0.29) is 0 Å². The minimum Gasteiger partial charge on any atom is -0.456 e. The van der Waals surface area contributed by atoms with Crippen molar-refractivity contribution in [2.75, 3.05) is 0 Å². The van der Waals surface area contributed by atoms with Crippen LogP contribution in [0, 0.1) is 0 Å². The summed E-state index contributed by atoms with van der Waals surface area (Å²) in [5.41, 5.74) is 6.51. The standard InChI is InChI=1S/C28H17BrN2O/c29-21-13-10-19(11-14-21)25-17-24(18-6-2-1-3-7-18)30-28(31-25)20-12-15-23-22-8-4-5-9-26(22)32-27(23)16-20/h1-17H. The quantitative estimate of drug-likeness (QED) is 0.258. The molecular formula is C28H17BrN2O. The molecule has 0 saturated carbocycles. The topological polar surface area (TPSA) is 38.9 Å². The van der Waals surface area contributed by atoms with Gasteiger partial charge >= 0.3 is 0 Å². The van der Waals surface area contributed by atoms with E-state index in [2.05, 4.69) is 58.4 Å². The van der Waals surface area contributed by atoms with Crippen LogP contribution in [0.2, 0.25) is 0 Å². The molecule has 32 heavy (non-hydrogen) atoms. The van der Waals surface area contributed by atoms with Crippen LogP contribution in [0.4, 0.5) is 0 Å². The van der Waals surface area contributed by atoms with Crippen LogP contribution >= 0.6 is 15.9 Å². The van der Waals surface area contributed by atoms with E-state index in [1.54, 1.807) is 0 Å². The van der Waals surface area contributed by atoms with Gasteiger partial charge in [0.15, 0.2) is 5.82 Å². The van der Waals surface area contributed by atoms with Gasteiger partial charge in [-0.1, -0.05) is 82.7 Å². The maximum atomic E-state index is 6.10. The predicted molar refractivity (Wildman–Crippen MR) is 133 cm³/mol. The van der Waals surface area contributed by atoms with E-state index in [4.69, 9.17) is 14.4 Å². The Balaban J connectivity index is 1.55. The zero-order valence-corrected chi connectivity index (χ0v) is 18.6. The van der Waals surface area contributed by atoms with Gasteiger partial charge in [-0.3, -0.25) is 0 Å². The first kappa shape index (κ1) is 19.0. The first-order valence-corrected chi connectivity index (χ1v) is 11.2. The molecule has 0 unspecified atom stereocenters. The largest absolute Gasteiger partial charge is 0.456 e. The third-order valence-electron chi connectivity index (χ3n) is 5.57. The number of para-hydroxylation sites is 1. The van der Waals surface area contributed by atoms with Crippen LogP contribution in [-0.4, -0.2) is 9.97 Å². The van der Waals surface area contributed by atoms with Crippen molar-refractivity contribution < 1.29 is 4.42 Å². The Labute approximate surface area is 193 Å². The molecule has 6 aromatic rings. The second kappa shape index (κ2) is 7.74. The Morgan fingerprint density at radius 1 is 0.531 bits per heavy atom. The molecule has 0 spiro atoms. The van der Waals surface area contributed by atoms with Gasteiger partial charge in [-0.15, -0.1) is 0 Å². The predicted octanol–water partition coefficient (Wildman–Crippen LogP) is 8.14. The minimum atomic E-state index is 0.673. The van der Waals surface area contributed by atoms with E-state index >= 15 is 0 Å². The monoisotopic (exact) mass is 476 g/mol. The SMILES string of the molecule is Brc1ccc(-c2cc(-c3ccccc3)nc(-c3ccc4c(c3)oc3ccccc34)n2)cc1. The van der Waals surface area contributed by atoms with Crippen molar-refractivity contribution in [2.24, 2.45) is 0 Å². The lowest BCUT2D eigenvalue weighted by Gasteiger charge is -2.09. The summed E-state index contributed by atoms with van der Waals surface area (Å²) in [6.45, 7) is 0. The number of halogens is 1. The van der Waals surface area contributed by atoms with Crippen molar-refractivity contribution in [1.82, 2.24) is 9.97 Å². The summed E-state index contributed by atoms with van der Waals surface area (Å²) in [4.78, 5) is 9.84. The first-order chi connectivity index (χ1) is 15.7.